The van der Waals surface area contributed by atoms with Crippen LogP contribution in [0.3, 0.4) is 0 Å². The first kappa shape index (κ1) is 25.4. The molecule has 0 N–H and O–H groups in total. The molecule has 0 radical (unpaired) electrons. The second-order valence-corrected chi connectivity index (χ2v) is 10.0. The minimum Gasteiger partial charge on any atom is -0.491 e. The van der Waals surface area contributed by atoms with E-state index in [-0.39, 0.29) is 18.3 Å². The predicted molar refractivity (Wildman–Crippen MR) is 143 cm³/mol. The summed E-state index contributed by atoms with van der Waals surface area (Å²) in [4.78, 5) is 34.1. The molecule has 0 fully saturated rings. The third-order valence-electron chi connectivity index (χ3n) is 5.80. The molecule has 2 heterocycles. The number of allylic oxidation sites excluding steroid dienone is 1. The number of anilines is 1. The number of hydrogen-bond acceptors (Lipinski definition) is 7. The van der Waals surface area contributed by atoms with Crippen molar-refractivity contribution in [1.82, 2.24) is 4.57 Å². The molecule has 8 heteroatoms. The molecule has 188 valence electrons. The Hall–Kier alpha value is -3.65. The van der Waals surface area contributed by atoms with Crippen molar-refractivity contribution in [2.45, 2.75) is 39.8 Å². The summed E-state index contributed by atoms with van der Waals surface area (Å²) >= 11 is 1.31. The van der Waals surface area contributed by atoms with Crippen molar-refractivity contribution >= 4 is 29.1 Å². The van der Waals surface area contributed by atoms with Crippen LogP contribution >= 0.6 is 11.3 Å². The Morgan fingerprint density at radius 1 is 1.17 bits per heavy atom. The Kier molecular flexibility index (Phi) is 7.45. The number of thiazole rings is 1. The molecule has 0 saturated carbocycles. The van der Waals surface area contributed by atoms with Crippen LogP contribution in [0.5, 0.6) is 5.75 Å². The van der Waals surface area contributed by atoms with Crippen LogP contribution in [0.25, 0.3) is 6.08 Å². The largest absolute Gasteiger partial charge is 0.491 e. The van der Waals surface area contributed by atoms with Crippen LogP contribution in [0.15, 0.2) is 69.6 Å². The van der Waals surface area contributed by atoms with Gasteiger partial charge in [-0.2, -0.15) is 0 Å². The minimum absolute atomic E-state index is 0.0803. The van der Waals surface area contributed by atoms with Gasteiger partial charge in [0, 0.05) is 25.3 Å². The maximum absolute atomic E-state index is 13.8. The number of hydrogen-bond donors (Lipinski definition) is 0. The van der Waals surface area contributed by atoms with Crippen molar-refractivity contribution in [3.8, 4) is 5.75 Å². The van der Waals surface area contributed by atoms with E-state index in [9.17, 15) is 9.59 Å². The number of ether oxygens (including phenoxy) is 2. The zero-order chi connectivity index (χ0) is 26.0. The van der Waals surface area contributed by atoms with E-state index in [2.05, 4.69) is 4.99 Å². The maximum atomic E-state index is 13.8. The molecule has 1 unspecified atom stereocenters. The second-order valence-electron chi connectivity index (χ2n) is 8.99. The summed E-state index contributed by atoms with van der Waals surface area (Å²) in [5.74, 6) is 0.125. The van der Waals surface area contributed by atoms with Crippen molar-refractivity contribution in [3.05, 3.63) is 90.6 Å². The SMILES string of the molecule is CCOC(=O)C1=C(C)N=c2s/c(=C/c3ccc(N(C)C)cc3)c(=O)n2C1c1ccccc1OC(C)C. The van der Waals surface area contributed by atoms with Crippen molar-refractivity contribution in [2.24, 2.45) is 4.99 Å². The molecule has 0 amide bonds. The summed E-state index contributed by atoms with van der Waals surface area (Å²) < 4.78 is 13.6. The van der Waals surface area contributed by atoms with Gasteiger partial charge in [0.1, 0.15) is 11.8 Å². The fourth-order valence-electron chi connectivity index (χ4n) is 4.17. The van der Waals surface area contributed by atoms with E-state index in [0.717, 1.165) is 11.3 Å². The van der Waals surface area contributed by atoms with E-state index in [1.807, 2.05) is 87.4 Å². The monoisotopic (exact) mass is 505 g/mol. The third-order valence-corrected chi connectivity index (χ3v) is 6.78. The van der Waals surface area contributed by atoms with Crippen LogP contribution in [0.2, 0.25) is 0 Å². The van der Waals surface area contributed by atoms with Gasteiger partial charge in [0.2, 0.25) is 0 Å². The van der Waals surface area contributed by atoms with E-state index in [1.165, 1.54) is 11.3 Å². The van der Waals surface area contributed by atoms with Gasteiger partial charge < -0.3 is 14.4 Å². The van der Waals surface area contributed by atoms with Crippen molar-refractivity contribution < 1.29 is 14.3 Å². The lowest BCUT2D eigenvalue weighted by Crippen LogP contribution is -2.40. The highest BCUT2D eigenvalue weighted by Crippen LogP contribution is 2.36. The number of esters is 1. The molecule has 1 aliphatic heterocycles. The molecule has 1 aliphatic rings. The van der Waals surface area contributed by atoms with E-state index in [4.69, 9.17) is 9.47 Å². The van der Waals surface area contributed by atoms with E-state index in [0.29, 0.717) is 31.9 Å². The molecule has 36 heavy (non-hydrogen) atoms. The number of aromatic nitrogens is 1. The topological polar surface area (TPSA) is 73.1 Å². The molecule has 4 rings (SSSR count). The zero-order valence-electron chi connectivity index (χ0n) is 21.4. The van der Waals surface area contributed by atoms with Crippen LogP contribution < -0.4 is 24.5 Å². The Balaban J connectivity index is 1.93. The number of carbonyl (C=O) groups excluding carboxylic acids is 1. The van der Waals surface area contributed by atoms with Gasteiger partial charge in [0.15, 0.2) is 4.80 Å². The molecule has 3 aromatic rings. The Morgan fingerprint density at radius 2 is 1.86 bits per heavy atom. The summed E-state index contributed by atoms with van der Waals surface area (Å²) in [6.45, 7) is 7.64. The molecule has 2 aromatic carbocycles. The van der Waals surface area contributed by atoms with E-state index < -0.39 is 12.0 Å². The number of benzene rings is 2. The van der Waals surface area contributed by atoms with Gasteiger partial charge >= 0.3 is 5.97 Å². The maximum Gasteiger partial charge on any atom is 0.338 e. The zero-order valence-corrected chi connectivity index (χ0v) is 22.3. The highest BCUT2D eigenvalue weighted by atomic mass is 32.1. The molecule has 1 aromatic heterocycles. The van der Waals surface area contributed by atoms with Gasteiger partial charge in [-0.15, -0.1) is 0 Å². The standard InChI is InChI=1S/C28H31N3O4S/c1-7-34-27(33)24-18(4)29-28-31(25(24)21-10-8-9-11-22(21)35-17(2)3)26(32)23(36-28)16-19-12-14-20(15-13-19)30(5)6/h8-17,25H,7H2,1-6H3/b23-16+. The van der Waals surface area contributed by atoms with Crippen LogP contribution in [0, 0.1) is 0 Å². The van der Waals surface area contributed by atoms with Crippen LogP contribution in [0.4, 0.5) is 5.69 Å². The smallest absolute Gasteiger partial charge is 0.338 e. The number of fused-ring (bicyclic) bond motifs is 1. The molecule has 7 nitrogen and oxygen atoms in total. The molecule has 0 saturated heterocycles. The number of rotatable bonds is 7. The average Bonchev–Trinajstić information content (AvgIpc) is 3.13. The first-order valence-corrected chi connectivity index (χ1v) is 12.8. The number of nitrogens with zero attached hydrogens (tertiary/aromatic N) is 3. The summed E-state index contributed by atoms with van der Waals surface area (Å²) in [5.41, 5.74) is 3.35. The van der Waals surface area contributed by atoms with E-state index >= 15 is 0 Å². The molecular formula is C28H31N3O4S. The predicted octanol–water partition coefficient (Wildman–Crippen LogP) is 3.65. The summed E-state index contributed by atoms with van der Waals surface area (Å²) in [6.07, 6.45) is 1.78. The molecule has 1 atom stereocenters. The van der Waals surface area contributed by atoms with Gasteiger partial charge in [0.05, 0.1) is 28.5 Å². The average molecular weight is 506 g/mol. The molecular weight excluding hydrogens is 474 g/mol. The lowest BCUT2D eigenvalue weighted by Gasteiger charge is -2.26. The van der Waals surface area contributed by atoms with Gasteiger partial charge in [-0.25, -0.2) is 9.79 Å². The number of para-hydroxylation sites is 1. The summed E-state index contributed by atoms with van der Waals surface area (Å²) in [5, 5.41) is 0. The first-order valence-electron chi connectivity index (χ1n) is 11.9. The molecule has 0 aliphatic carbocycles. The van der Waals surface area contributed by atoms with Gasteiger partial charge in [-0.3, -0.25) is 9.36 Å². The van der Waals surface area contributed by atoms with E-state index in [1.54, 1.807) is 18.4 Å². The lowest BCUT2D eigenvalue weighted by atomic mass is 9.95. The third kappa shape index (κ3) is 4.99. The highest BCUT2D eigenvalue weighted by molar-refractivity contribution is 7.07. The van der Waals surface area contributed by atoms with Crippen molar-refractivity contribution in [2.75, 3.05) is 25.6 Å². The summed E-state index contributed by atoms with van der Waals surface area (Å²) in [6, 6.07) is 14.8. The number of carbonyl (C=O) groups is 1. The van der Waals surface area contributed by atoms with Crippen LogP contribution in [0.1, 0.15) is 44.9 Å². The van der Waals surface area contributed by atoms with Crippen molar-refractivity contribution in [3.63, 3.8) is 0 Å². The quantitative estimate of drug-likeness (QED) is 0.459. The normalized spacial score (nSPS) is 15.5. The van der Waals surface area contributed by atoms with Crippen molar-refractivity contribution in [1.29, 1.82) is 0 Å². The Morgan fingerprint density at radius 3 is 2.50 bits per heavy atom. The van der Waals surface area contributed by atoms with Gasteiger partial charge in [-0.1, -0.05) is 41.7 Å². The Bertz CT molecular complexity index is 1480. The first-order chi connectivity index (χ1) is 17.2. The highest BCUT2D eigenvalue weighted by Gasteiger charge is 2.35. The Labute approximate surface area is 214 Å². The summed E-state index contributed by atoms with van der Waals surface area (Å²) in [7, 11) is 3.97. The fraction of sp³-hybridized carbons (Fsp3) is 0.321. The second kappa shape index (κ2) is 10.5. The molecule has 0 spiro atoms. The minimum atomic E-state index is -0.714. The van der Waals surface area contributed by atoms with Crippen LogP contribution in [-0.4, -0.2) is 37.3 Å². The van der Waals surface area contributed by atoms with Gasteiger partial charge in [-0.05, 0) is 57.5 Å². The molecule has 0 bridgehead atoms. The lowest BCUT2D eigenvalue weighted by molar-refractivity contribution is -0.139. The fourth-order valence-corrected chi connectivity index (χ4v) is 5.22. The van der Waals surface area contributed by atoms with Crippen LogP contribution in [-0.2, 0) is 9.53 Å². The van der Waals surface area contributed by atoms with Gasteiger partial charge in [0.25, 0.3) is 5.56 Å².